The van der Waals surface area contributed by atoms with Crippen molar-refractivity contribution in [3.8, 4) is 0 Å². The normalized spacial score (nSPS) is 19.6. The maximum atomic E-state index is 11.6. The van der Waals surface area contributed by atoms with E-state index in [1.165, 1.54) is 12.8 Å². The average molecular weight is 241 g/mol. The minimum atomic E-state index is -0.549. The molecule has 0 aromatic carbocycles. The number of hydrogen-bond acceptors (Lipinski definition) is 3. The fourth-order valence-corrected chi connectivity index (χ4v) is 2.07. The number of nitrogens with one attached hydrogen (secondary N) is 1. The van der Waals surface area contributed by atoms with E-state index in [2.05, 4.69) is 31.1 Å². The number of nitrogens with zero attached hydrogens (tertiary/aromatic N) is 1. The molecule has 100 valence electrons. The van der Waals surface area contributed by atoms with Gasteiger partial charge in [0, 0.05) is 19.1 Å². The van der Waals surface area contributed by atoms with Crippen LogP contribution in [0, 0.1) is 5.92 Å². The van der Waals surface area contributed by atoms with Gasteiger partial charge >= 0.3 is 0 Å². The molecule has 1 fully saturated rings. The highest BCUT2D eigenvalue weighted by molar-refractivity contribution is 5.84. The zero-order chi connectivity index (χ0) is 13.1. The molecule has 0 heterocycles. The minimum absolute atomic E-state index is 0.234. The predicted octanol–water partition coefficient (Wildman–Crippen LogP) is 0.960. The van der Waals surface area contributed by atoms with Crippen molar-refractivity contribution in [1.29, 1.82) is 0 Å². The predicted molar refractivity (Wildman–Crippen MR) is 70.7 cm³/mol. The van der Waals surface area contributed by atoms with Crippen LogP contribution in [0.4, 0.5) is 0 Å². The summed E-state index contributed by atoms with van der Waals surface area (Å²) in [6, 6.07) is 0.503. The van der Waals surface area contributed by atoms with Gasteiger partial charge in [0.05, 0.1) is 5.54 Å². The molecule has 1 unspecified atom stereocenters. The van der Waals surface area contributed by atoms with E-state index in [0.29, 0.717) is 12.0 Å². The van der Waals surface area contributed by atoms with Crippen LogP contribution in [0.1, 0.15) is 40.0 Å². The summed E-state index contributed by atoms with van der Waals surface area (Å²) in [4.78, 5) is 13.8. The Hall–Kier alpha value is -0.610. The van der Waals surface area contributed by atoms with Crippen molar-refractivity contribution in [3.63, 3.8) is 0 Å². The van der Waals surface area contributed by atoms with Gasteiger partial charge in [-0.1, -0.05) is 13.8 Å². The number of primary amides is 1. The molecule has 1 amide bonds. The van der Waals surface area contributed by atoms with Gasteiger partial charge in [-0.25, -0.2) is 0 Å². The molecule has 1 rings (SSSR count). The monoisotopic (exact) mass is 241 g/mol. The molecule has 1 saturated carbocycles. The SMILES string of the molecule is CC(C)CN(C)CCC(C)(NC1CC1)C(N)=O. The molecule has 0 saturated heterocycles. The van der Waals surface area contributed by atoms with Crippen molar-refractivity contribution in [2.24, 2.45) is 11.7 Å². The second-order valence-corrected chi connectivity index (χ2v) is 6.02. The first-order chi connectivity index (χ1) is 7.83. The summed E-state index contributed by atoms with van der Waals surface area (Å²) in [5.41, 5.74) is 4.97. The third-order valence-electron chi connectivity index (χ3n) is 3.31. The van der Waals surface area contributed by atoms with Crippen molar-refractivity contribution >= 4 is 5.91 Å². The molecule has 0 aromatic rings. The van der Waals surface area contributed by atoms with E-state index >= 15 is 0 Å². The lowest BCUT2D eigenvalue weighted by molar-refractivity contribution is -0.124. The van der Waals surface area contributed by atoms with Gasteiger partial charge in [-0.05, 0) is 39.2 Å². The fourth-order valence-electron chi connectivity index (χ4n) is 2.07. The highest BCUT2D eigenvalue weighted by Crippen LogP contribution is 2.24. The van der Waals surface area contributed by atoms with Gasteiger partial charge in [0.25, 0.3) is 0 Å². The summed E-state index contributed by atoms with van der Waals surface area (Å²) in [6.45, 7) is 8.28. The van der Waals surface area contributed by atoms with Gasteiger partial charge in [-0.2, -0.15) is 0 Å². The minimum Gasteiger partial charge on any atom is -0.368 e. The quantitative estimate of drug-likeness (QED) is 0.665. The van der Waals surface area contributed by atoms with E-state index in [9.17, 15) is 4.79 Å². The smallest absolute Gasteiger partial charge is 0.237 e. The Bertz CT molecular complexity index is 263. The molecule has 17 heavy (non-hydrogen) atoms. The van der Waals surface area contributed by atoms with Gasteiger partial charge in [0.1, 0.15) is 0 Å². The van der Waals surface area contributed by atoms with E-state index in [1.807, 2.05) is 6.92 Å². The third kappa shape index (κ3) is 5.04. The summed E-state index contributed by atoms with van der Waals surface area (Å²) < 4.78 is 0. The van der Waals surface area contributed by atoms with Crippen molar-refractivity contribution in [1.82, 2.24) is 10.2 Å². The molecule has 0 radical (unpaired) electrons. The van der Waals surface area contributed by atoms with E-state index in [4.69, 9.17) is 5.73 Å². The molecule has 0 aromatic heterocycles. The molecular formula is C13H27N3O. The molecule has 3 N–H and O–H groups in total. The average Bonchev–Trinajstić information content (AvgIpc) is 2.97. The molecule has 4 heteroatoms. The van der Waals surface area contributed by atoms with Crippen molar-refractivity contribution in [2.45, 2.75) is 51.6 Å². The largest absolute Gasteiger partial charge is 0.368 e. The number of rotatable bonds is 8. The molecular weight excluding hydrogens is 214 g/mol. The van der Waals surface area contributed by atoms with Crippen LogP contribution in [0.15, 0.2) is 0 Å². The molecule has 1 atom stereocenters. The number of hydrogen-bond donors (Lipinski definition) is 2. The number of carbonyl (C=O) groups excluding carboxylic acids is 1. The van der Waals surface area contributed by atoms with Crippen molar-refractivity contribution < 1.29 is 4.79 Å². The first kappa shape index (κ1) is 14.5. The highest BCUT2D eigenvalue weighted by atomic mass is 16.1. The summed E-state index contributed by atoms with van der Waals surface area (Å²) in [7, 11) is 2.10. The maximum Gasteiger partial charge on any atom is 0.237 e. The lowest BCUT2D eigenvalue weighted by Gasteiger charge is -2.30. The van der Waals surface area contributed by atoms with Gasteiger partial charge in [-0.3, -0.25) is 4.79 Å². The van der Waals surface area contributed by atoms with E-state index < -0.39 is 5.54 Å². The molecule has 0 aliphatic heterocycles. The summed E-state index contributed by atoms with van der Waals surface area (Å²) >= 11 is 0. The van der Waals surface area contributed by atoms with Crippen molar-refractivity contribution in [3.05, 3.63) is 0 Å². The van der Waals surface area contributed by atoms with Crippen LogP contribution in [0.2, 0.25) is 0 Å². The number of carbonyl (C=O) groups is 1. The lowest BCUT2D eigenvalue weighted by atomic mass is 9.96. The Balaban J connectivity index is 2.40. The molecule has 0 spiro atoms. The zero-order valence-corrected chi connectivity index (χ0v) is 11.6. The number of amides is 1. The van der Waals surface area contributed by atoms with Crippen LogP contribution in [-0.2, 0) is 4.79 Å². The second-order valence-electron chi connectivity index (χ2n) is 6.02. The fraction of sp³-hybridized carbons (Fsp3) is 0.923. The molecule has 4 nitrogen and oxygen atoms in total. The van der Waals surface area contributed by atoms with Gasteiger partial charge in [0.15, 0.2) is 0 Å². The first-order valence-electron chi connectivity index (χ1n) is 6.59. The Morgan fingerprint density at radius 3 is 2.53 bits per heavy atom. The zero-order valence-electron chi connectivity index (χ0n) is 11.6. The molecule has 0 bridgehead atoms. The van der Waals surface area contributed by atoms with Gasteiger partial charge < -0.3 is 16.0 Å². The summed E-state index contributed by atoms with van der Waals surface area (Å²) in [6.07, 6.45) is 3.12. The van der Waals surface area contributed by atoms with Crippen molar-refractivity contribution in [2.75, 3.05) is 20.1 Å². The van der Waals surface area contributed by atoms with E-state index in [0.717, 1.165) is 19.5 Å². The van der Waals surface area contributed by atoms with Crippen LogP contribution in [0.5, 0.6) is 0 Å². The number of nitrogens with two attached hydrogens (primary N) is 1. The first-order valence-corrected chi connectivity index (χ1v) is 6.59. The molecule has 1 aliphatic rings. The Morgan fingerprint density at radius 2 is 2.12 bits per heavy atom. The van der Waals surface area contributed by atoms with Crippen LogP contribution in [-0.4, -0.2) is 42.5 Å². The highest BCUT2D eigenvalue weighted by Gasteiger charge is 2.36. The van der Waals surface area contributed by atoms with E-state index in [1.54, 1.807) is 0 Å². The van der Waals surface area contributed by atoms with Gasteiger partial charge in [0.2, 0.25) is 5.91 Å². The maximum absolute atomic E-state index is 11.6. The van der Waals surface area contributed by atoms with Crippen LogP contribution in [0.25, 0.3) is 0 Å². The lowest BCUT2D eigenvalue weighted by Crippen LogP contribution is -2.55. The van der Waals surface area contributed by atoms with Crippen LogP contribution < -0.4 is 11.1 Å². The topological polar surface area (TPSA) is 58.4 Å². The summed E-state index contributed by atoms with van der Waals surface area (Å²) in [5.74, 6) is 0.415. The van der Waals surface area contributed by atoms with Crippen LogP contribution >= 0.6 is 0 Å². The van der Waals surface area contributed by atoms with Gasteiger partial charge in [-0.15, -0.1) is 0 Å². The standard InChI is InChI=1S/C13H27N3O/c1-10(2)9-16(4)8-7-13(3,12(14)17)15-11-5-6-11/h10-11,15H,5-9H2,1-4H3,(H2,14,17). The van der Waals surface area contributed by atoms with Crippen LogP contribution in [0.3, 0.4) is 0 Å². The Morgan fingerprint density at radius 1 is 1.53 bits per heavy atom. The summed E-state index contributed by atoms with van der Waals surface area (Å²) in [5, 5.41) is 3.37. The Labute approximate surface area is 105 Å². The van der Waals surface area contributed by atoms with E-state index in [-0.39, 0.29) is 5.91 Å². The third-order valence-corrected chi connectivity index (χ3v) is 3.31. The Kier molecular flexibility index (Phi) is 4.95. The molecule has 1 aliphatic carbocycles. The second kappa shape index (κ2) is 5.83.